The molecule has 0 aliphatic rings. The van der Waals surface area contributed by atoms with Gasteiger partial charge in [-0.1, -0.05) is 19.9 Å². The van der Waals surface area contributed by atoms with Crippen LogP contribution in [0.1, 0.15) is 20.3 Å². The molecule has 0 bridgehead atoms. The molecule has 0 saturated heterocycles. The van der Waals surface area contributed by atoms with Gasteiger partial charge in [-0.15, -0.1) is 11.3 Å². The van der Waals surface area contributed by atoms with E-state index >= 15 is 0 Å². The smallest absolute Gasteiger partial charge is 0.274 e. The molecule has 0 aromatic carbocycles. The number of nitrogens with zero attached hydrogens (tertiary/aromatic N) is 1. The molecule has 2 rings (SSSR count). The molecular weight excluding hydrogens is 244 g/mol. The Kier molecular flexibility index (Phi) is 3.87. The molecular formula is C14H18N2OS. The van der Waals surface area contributed by atoms with Gasteiger partial charge < -0.3 is 10.3 Å². The van der Waals surface area contributed by atoms with E-state index in [9.17, 15) is 4.79 Å². The van der Waals surface area contributed by atoms with Crippen molar-refractivity contribution in [2.24, 2.45) is 5.92 Å². The number of aromatic nitrogens is 1. The van der Waals surface area contributed by atoms with Crippen molar-refractivity contribution in [3.05, 3.63) is 40.1 Å². The SMILES string of the molecule is CC(C)CCn1ccc(-c2cccs2)c(N)c1=O. The van der Waals surface area contributed by atoms with Crippen LogP contribution in [0.15, 0.2) is 34.6 Å². The van der Waals surface area contributed by atoms with E-state index < -0.39 is 0 Å². The Labute approximate surface area is 111 Å². The first-order chi connectivity index (χ1) is 8.59. The van der Waals surface area contributed by atoms with Crippen molar-refractivity contribution in [3.8, 4) is 10.4 Å². The Bertz CT molecular complexity index is 570. The van der Waals surface area contributed by atoms with Crippen molar-refractivity contribution in [2.75, 3.05) is 5.73 Å². The topological polar surface area (TPSA) is 48.0 Å². The van der Waals surface area contributed by atoms with Crippen molar-refractivity contribution >= 4 is 17.0 Å². The molecule has 96 valence electrons. The van der Waals surface area contributed by atoms with E-state index in [-0.39, 0.29) is 5.56 Å². The number of hydrogen-bond donors (Lipinski definition) is 1. The van der Waals surface area contributed by atoms with Crippen LogP contribution >= 0.6 is 11.3 Å². The Hall–Kier alpha value is -1.55. The van der Waals surface area contributed by atoms with Gasteiger partial charge in [0.15, 0.2) is 0 Å². The molecule has 0 fully saturated rings. The molecule has 0 aliphatic heterocycles. The second kappa shape index (κ2) is 5.40. The van der Waals surface area contributed by atoms with E-state index in [0.29, 0.717) is 11.6 Å². The van der Waals surface area contributed by atoms with Gasteiger partial charge in [-0.25, -0.2) is 0 Å². The molecule has 0 spiro atoms. The molecule has 3 nitrogen and oxygen atoms in total. The third-order valence-corrected chi connectivity index (χ3v) is 3.84. The summed E-state index contributed by atoms with van der Waals surface area (Å²) < 4.78 is 1.70. The molecule has 2 aromatic heterocycles. The number of pyridine rings is 1. The normalized spacial score (nSPS) is 11.1. The van der Waals surface area contributed by atoms with Crippen molar-refractivity contribution in [3.63, 3.8) is 0 Å². The Morgan fingerprint density at radius 1 is 1.39 bits per heavy atom. The minimum atomic E-state index is -0.0819. The first-order valence-corrected chi connectivity index (χ1v) is 7.00. The standard InChI is InChI=1S/C14H18N2OS/c1-10(2)5-7-16-8-6-11(13(15)14(16)17)12-4-3-9-18-12/h3-4,6,8-10H,5,7,15H2,1-2H3. The van der Waals surface area contributed by atoms with Gasteiger partial charge in [-0.05, 0) is 29.9 Å². The fourth-order valence-corrected chi connectivity index (χ4v) is 2.58. The summed E-state index contributed by atoms with van der Waals surface area (Å²) in [6.45, 7) is 5.02. The highest BCUT2D eigenvalue weighted by Gasteiger charge is 2.09. The highest BCUT2D eigenvalue weighted by molar-refractivity contribution is 7.13. The van der Waals surface area contributed by atoms with E-state index in [2.05, 4.69) is 13.8 Å². The Morgan fingerprint density at radius 2 is 2.17 bits per heavy atom. The van der Waals surface area contributed by atoms with Crippen LogP contribution < -0.4 is 11.3 Å². The number of nitrogens with two attached hydrogens (primary N) is 1. The Balaban J connectivity index is 2.33. The predicted molar refractivity (Wildman–Crippen MR) is 77.9 cm³/mol. The van der Waals surface area contributed by atoms with Crippen LogP contribution in [0.5, 0.6) is 0 Å². The largest absolute Gasteiger partial charge is 0.394 e. The number of rotatable bonds is 4. The molecule has 18 heavy (non-hydrogen) atoms. The molecule has 0 amide bonds. The van der Waals surface area contributed by atoms with Gasteiger partial charge >= 0.3 is 0 Å². The molecule has 2 heterocycles. The maximum Gasteiger partial charge on any atom is 0.274 e. The third kappa shape index (κ3) is 2.64. The van der Waals surface area contributed by atoms with Crippen LogP contribution in [-0.2, 0) is 6.54 Å². The fraction of sp³-hybridized carbons (Fsp3) is 0.357. The Morgan fingerprint density at radius 3 is 2.78 bits per heavy atom. The highest BCUT2D eigenvalue weighted by Crippen LogP contribution is 2.27. The minimum absolute atomic E-state index is 0.0819. The van der Waals surface area contributed by atoms with Crippen LogP contribution in [-0.4, -0.2) is 4.57 Å². The maximum absolute atomic E-state index is 12.1. The van der Waals surface area contributed by atoms with E-state index in [0.717, 1.165) is 23.4 Å². The molecule has 0 atom stereocenters. The average Bonchev–Trinajstić information content (AvgIpc) is 2.84. The van der Waals surface area contributed by atoms with Gasteiger partial charge in [-0.3, -0.25) is 4.79 Å². The first kappa shape index (κ1) is 12.9. The summed E-state index contributed by atoms with van der Waals surface area (Å²) in [5, 5.41) is 1.99. The maximum atomic E-state index is 12.1. The lowest BCUT2D eigenvalue weighted by Gasteiger charge is -2.10. The van der Waals surface area contributed by atoms with Crippen molar-refractivity contribution in [2.45, 2.75) is 26.8 Å². The van der Waals surface area contributed by atoms with E-state index in [1.54, 1.807) is 15.9 Å². The molecule has 0 saturated carbocycles. The summed E-state index contributed by atoms with van der Waals surface area (Å²) in [5.74, 6) is 0.579. The average molecular weight is 262 g/mol. The summed E-state index contributed by atoms with van der Waals surface area (Å²) in [5.41, 5.74) is 7.07. The summed E-state index contributed by atoms with van der Waals surface area (Å²) in [6, 6.07) is 5.88. The zero-order valence-electron chi connectivity index (χ0n) is 10.7. The van der Waals surface area contributed by atoms with E-state index in [1.165, 1.54) is 0 Å². The summed E-state index contributed by atoms with van der Waals surface area (Å²) in [4.78, 5) is 13.2. The lowest BCUT2D eigenvalue weighted by molar-refractivity contribution is 0.509. The number of aryl methyl sites for hydroxylation is 1. The number of nitrogen functional groups attached to an aromatic ring is 1. The summed E-state index contributed by atoms with van der Waals surface area (Å²) in [6.07, 6.45) is 2.83. The number of hydrogen-bond acceptors (Lipinski definition) is 3. The number of anilines is 1. The summed E-state index contributed by atoms with van der Waals surface area (Å²) in [7, 11) is 0. The molecule has 2 N–H and O–H groups in total. The second-order valence-corrected chi connectivity index (χ2v) is 5.75. The molecule has 4 heteroatoms. The van der Waals surface area contributed by atoms with Crippen LogP contribution in [0, 0.1) is 5.92 Å². The zero-order chi connectivity index (χ0) is 13.1. The molecule has 0 radical (unpaired) electrons. The predicted octanol–water partition coefficient (Wildman–Crippen LogP) is 3.21. The van der Waals surface area contributed by atoms with Crippen molar-refractivity contribution in [1.29, 1.82) is 0 Å². The van der Waals surface area contributed by atoms with E-state index in [1.807, 2.05) is 29.8 Å². The van der Waals surface area contributed by atoms with Crippen LogP contribution in [0.25, 0.3) is 10.4 Å². The van der Waals surface area contributed by atoms with Crippen molar-refractivity contribution in [1.82, 2.24) is 4.57 Å². The number of thiophene rings is 1. The molecule has 2 aromatic rings. The van der Waals surface area contributed by atoms with Gasteiger partial charge in [0.2, 0.25) is 0 Å². The van der Waals surface area contributed by atoms with Gasteiger partial charge in [0.1, 0.15) is 5.69 Å². The van der Waals surface area contributed by atoms with Crippen LogP contribution in [0.3, 0.4) is 0 Å². The van der Waals surface area contributed by atoms with Gasteiger partial charge in [0.05, 0.1) is 0 Å². The molecule has 0 unspecified atom stereocenters. The van der Waals surface area contributed by atoms with Crippen LogP contribution in [0.2, 0.25) is 0 Å². The third-order valence-electron chi connectivity index (χ3n) is 2.94. The minimum Gasteiger partial charge on any atom is -0.394 e. The van der Waals surface area contributed by atoms with Gasteiger partial charge in [-0.2, -0.15) is 0 Å². The van der Waals surface area contributed by atoms with E-state index in [4.69, 9.17) is 5.73 Å². The van der Waals surface area contributed by atoms with Crippen LogP contribution in [0.4, 0.5) is 5.69 Å². The summed E-state index contributed by atoms with van der Waals surface area (Å²) >= 11 is 1.59. The zero-order valence-corrected chi connectivity index (χ0v) is 11.5. The first-order valence-electron chi connectivity index (χ1n) is 6.12. The fourth-order valence-electron chi connectivity index (χ4n) is 1.81. The monoisotopic (exact) mass is 262 g/mol. The lowest BCUT2D eigenvalue weighted by Crippen LogP contribution is -2.23. The molecule has 0 aliphatic carbocycles. The van der Waals surface area contributed by atoms with Crippen molar-refractivity contribution < 1.29 is 0 Å². The lowest BCUT2D eigenvalue weighted by atomic mass is 10.1. The van der Waals surface area contributed by atoms with Gasteiger partial charge in [0, 0.05) is 23.2 Å². The quantitative estimate of drug-likeness (QED) is 0.919. The second-order valence-electron chi connectivity index (χ2n) is 4.80. The van der Waals surface area contributed by atoms with Gasteiger partial charge in [0.25, 0.3) is 5.56 Å². The highest BCUT2D eigenvalue weighted by atomic mass is 32.1.